The second-order valence-corrected chi connectivity index (χ2v) is 5.46. The Kier molecular flexibility index (Phi) is 2.36. The number of aromatic nitrogens is 2. The Bertz CT molecular complexity index is 494. The first-order valence-electron chi connectivity index (χ1n) is 5.90. The maximum atomic E-state index is 4.80. The summed E-state index contributed by atoms with van der Waals surface area (Å²) in [6, 6.07) is 2.65. The van der Waals surface area contributed by atoms with Gasteiger partial charge in [0.05, 0.1) is 5.69 Å². The highest BCUT2D eigenvalue weighted by Gasteiger charge is 2.24. The van der Waals surface area contributed by atoms with E-state index in [-0.39, 0.29) is 0 Å². The highest BCUT2D eigenvalue weighted by atomic mass is 32.1. The van der Waals surface area contributed by atoms with E-state index in [2.05, 4.69) is 35.4 Å². The predicted octanol–water partition coefficient (Wildman–Crippen LogP) is 3.68. The number of fused-ring (bicyclic) bond motifs is 1. The Morgan fingerprint density at radius 3 is 2.94 bits per heavy atom. The summed E-state index contributed by atoms with van der Waals surface area (Å²) in [6.07, 6.45) is 3.69. The second-order valence-electron chi connectivity index (χ2n) is 4.68. The van der Waals surface area contributed by atoms with Gasteiger partial charge in [-0.2, -0.15) is 16.4 Å². The lowest BCUT2D eigenvalue weighted by Crippen LogP contribution is -2.06. The molecule has 0 unspecified atom stereocenters. The Labute approximate surface area is 99.9 Å². The van der Waals surface area contributed by atoms with Crippen molar-refractivity contribution >= 4 is 11.3 Å². The van der Waals surface area contributed by atoms with E-state index in [1.165, 1.54) is 41.8 Å². The summed E-state index contributed by atoms with van der Waals surface area (Å²) in [4.78, 5) is 0. The van der Waals surface area contributed by atoms with Crippen LogP contribution in [-0.2, 0) is 12.8 Å². The molecule has 0 saturated carbocycles. The molecule has 3 rings (SSSR count). The van der Waals surface area contributed by atoms with E-state index < -0.39 is 0 Å². The molecule has 84 valence electrons. The monoisotopic (exact) mass is 232 g/mol. The van der Waals surface area contributed by atoms with Gasteiger partial charge in [-0.3, -0.25) is 4.68 Å². The van der Waals surface area contributed by atoms with Crippen molar-refractivity contribution in [3.8, 4) is 11.3 Å². The molecule has 0 aliphatic heterocycles. The van der Waals surface area contributed by atoms with Crippen LogP contribution in [0.5, 0.6) is 0 Å². The molecule has 0 spiro atoms. The highest BCUT2D eigenvalue weighted by Crippen LogP contribution is 2.34. The third-order valence-corrected chi connectivity index (χ3v) is 3.93. The molecule has 2 nitrogen and oxygen atoms in total. The van der Waals surface area contributed by atoms with Crippen molar-refractivity contribution in [3.05, 3.63) is 28.1 Å². The summed E-state index contributed by atoms with van der Waals surface area (Å²) in [5.41, 5.74) is 5.48. The molecular weight excluding hydrogens is 216 g/mol. The van der Waals surface area contributed by atoms with Gasteiger partial charge in [-0.1, -0.05) is 0 Å². The Balaban J connectivity index is 2.17. The first kappa shape index (κ1) is 10.1. The van der Waals surface area contributed by atoms with E-state index in [9.17, 15) is 0 Å². The van der Waals surface area contributed by atoms with Gasteiger partial charge >= 0.3 is 0 Å². The second kappa shape index (κ2) is 3.74. The highest BCUT2D eigenvalue weighted by molar-refractivity contribution is 7.08. The SMILES string of the molecule is CC(C)n1nc(-c2ccsc2)c2c1CCC2. The number of thiophene rings is 1. The first-order valence-corrected chi connectivity index (χ1v) is 6.84. The van der Waals surface area contributed by atoms with Crippen LogP contribution in [0.2, 0.25) is 0 Å². The van der Waals surface area contributed by atoms with E-state index in [0.717, 1.165) is 0 Å². The zero-order valence-corrected chi connectivity index (χ0v) is 10.5. The minimum Gasteiger partial charge on any atom is -0.266 e. The van der Waals surface area contributed by atoms with Gasteiger partial charge in [0.25, 0.3) is 0 Å². The molecule has 0 bridgehead atoms. The molecule has 0 aromatic carbocycles. The van der Waals surface area contributed by atoms with Crippen LogP contribution in [0.15, 0.2) is 16.8 Å². The average Bonchev–Trinajstić information content (AvgIpc) is 2.93. The Morgan fingerprint density at radius 2 is 2.25 bits per heavy atom. The summed E-state index contributed by atoms with van der Waals surface area (Å²) in [6.45, 7) is 4.42. The van der Waals surface area contributed by atoms with Crippen molar-refractivity contribution in [3.63, 3.8) is 0 Å². The molecule has 3 heteroatoms. The Hall–Kier alpha value is -1.09. The summed E-state index contributed by atoms with van der Waals surface area (Å²) < 4.78 is 2.22. The van der Waals surface area contributed by atoms with Gasteiger partial charge < -0.3 is 0 Å². The van der Waals surface area contributed by atoms with Gasteiger partial charge in [-0.15, -0.1) is 0 Å². The lowest BCUT2D eigenvalue weighted by molar-refractivity contribution is 0.512. The van der Waals surface area contributed by atoms with Gasteiger partial charge in [0.1, 0.15) is 0 Å². The van der Waals surface area contributed by atoms with Gasteiger partial charge in [-0.25, -0.2) is 0 Å². The van der Waals surface area contributed by atoms with Gasteiger partial charge in [-0.05, 0) is 44.6 Å². The number of rotatable bonds is 2. The Morgan fingerprint density at radius 1 is 1.38 bits per heavy atom. The quantitative estimate of drug-likeness (QED) is 0.772. The number of hydrogen-bond acceptors (Lipinski definition) is 2. The minimum atomic E-state index is 0.472. The molecule has 1 aliphatic carbocycles. The molecule has 1 aliphatic rings. The topological polar surface area (TPSA) is 17.8 Å². The van der Waals surface area contributed by atoms with Crippen LogP contribution in [0.4, 0.5) is 0 Å². The zero-order chi connectivity index (χ0) is 11.1. The standard InChI is InChI=1S/C13H16N2S/c1-9(2)15-12-5-3-4-11(12)13(14-15)10-6-7-16-8-10/h6-9H,3-5H2,1-2H3. The molecule has 0 N–H and O–H groups in total. The number of nitrogens with zero attached hydrogens (tertiary/aromatic N) is 2. The fourth-order valence-corrected chi connectivity index (χ4v) is 3.16. The van der Waals surface area contributed by atoms with Crippen molar-refractivity contribution in [2.24, 2.45) is 0 Å². The fourth-order valence-electron chi connectivity index (χ4n) is 2.52. The van der Waals surface area contributed by atoms with Gasteiger partial charge in [0, 0.05) is 28.2 Å². The van der Waals surface area contributed by atoms with E-state index >= 15 is 0 Å². The average molecular weight is 232 g/mol. The molecular formula is C13H16N2S. The van der Waals surface area contributed by atoms with Crippen LogP contribution in [-0.4, -0.2) is 9.78 Å². The van der Waals surface area contributed by atoms with Crippen LogP contribution in [0, 0.1) is 0 Å². The smallest absolute Gasteiger partial charge is 0.0966 e. The largest absolute Gasteiger partial charge is 0.266 e. The first-order chi connectivity index (χ1) is 7.77. The lowest BCUT2D eigenvalue weighted by atomic mass is 10.1. The fraction of sp³-hybridized carbons (Fsp3) is 0.462. The summed E-state index contributed by atoms with van der Waals surface area (Å²) in [5.74, 6) is 0. The van der Waals surface area contributed by atoms with Crippen molar-refractivity contribution < 1.29 is 0 Å². The molecule has 0 atom stereocenters. The molecule has 0 fully saturated rings. The van der Waals surface area contributed by atoms with Crippen molar-refractivity contribution in [2.45, 2.75) is 39.2 Å². The van der Waals surface area contributed by atoms with Crippen molar-refractivity contribution in [1.29, 1.82) is 0 Å². The van der Waals surface area contributed by atoms with Crippen LogP contribution < -0.4 is 0 Å². The van der Waals surface area contributed by atoms with Crippen LogP contribution in [0.1, 0.15) is 37.6 Å². The number of hydrogen-bond donors (Lipinski definition) is 0. The van der Waals surface area contributed by atoms with Crippen LogP contribution >= 0.6 is 11.3 Å². The maximum absolute atomic E-state index is 4.80. The van der Waals surface area contributed by atoms with Crippen LogP contribution in [0.3, 0.4) is 0 Å². The zero-order valence-electron chi connectivity index (χ0n) is 9.73. The molecule has 0 radical (unpaired) electrons. The van der Waals surface area contributed by atoms with Gasteiger partial charge in [0.2, 0.25) is 0 Å². The molecule has 2 aromatic heterocycles. The van der Waals surface area contributed by atoms with Crippen LogP contribution in [0.25, 0.3) is 11.3 Å². The molecule has 0 amide bonds. The third-order valence-electron chi connectivity index (χ3n) is 3.24. The van der Waals surface area contributed by atoms with E-state index in [1.54, 1.807) is 11.3 Å². The lowest BCUT2D eigenvalue weighted by Gasteiger charge is -2.08. The predicted molar refractivity (Wildman–Crippen MR) is 68.0 cm³/mol. The molecule has 0 saturated heterocycles. The van der Waals surface area contributed by atoms with E-state index in [0.29, 0.717) is 6.04 Å². The maximum Gasteiger partial charge on any atom is 0.0966 e. The molecule has 2 aromatic rings. The van der Waals surface area contributed by atoms with E-state index in [1.807, 2.05) is 0 Å². The minimum absolute atomic E-state index is 0.472. The van der Waals surface area contributed by atoms with Crippen molar-refractivity contribution in [2.75, 3.05) is 0 Å². The molecule has 16 heavy (non-hydrogen) atoms. The summed E-state index contributed by atoms with van der Waals surface area (Å²) in [5, 5.41) is 9.13. The van der Waals surface area contributed by atoms with Crippen molar-refractivity contribution in [1.82, 2.24) is 9.78 Å². The van der Waals surface area contributed by atoms with E-state index in [4.69, 9.17) is 5.10 Å². The molecule has 2 heterocycles. The summed E-state index contributed by atoms with van der Waals surface area (Å²) >= 11 is 1.75. The van der Waals surface area contributed by atoms with Gasteiger partial charge in [0.15, 0.2) is 0 Å². The third kappa shape index (κ3) is 1.42. The summed E-state index contributed by atoms with van der Waals surface area (Å²) in [7, 11) is 0. The normalized spacial score (nSPS) is 14.7.